The molecule has 3 rings (SSSR count). The molecule has 5 heteroatoms. The van der Waals surface area contributed by atoms with Crippen molar-refractivity contribution in [1.29, 1.82) is 0 Å². The third-order valence-corrected chi connectivity index (χ3v) is 4.54. The van der Waals surface area contributed by atoms with Crippen LogP contribution in [0, 0.1) is 0 Å². The van der Waals surface area contributed by atoms with Gasteiger partial charge in [0.05, 0.1) is 18.2 Å². The number of hydrogen-bond donors (Lipinski definition) is 0. The molecule has 2 atom stereocenters. The number of Topliss-reactive ketones (excluding diaryl/α,β-unsaturated/α-hetero) is 1. The van der Waals surface area contributed by atoms with Gasteiger partial charge in [-0.2, -0.15) is 0 Å². The van der Waals surface area contributed by atoms with E-state index in [2.05, 4.69) is 0 Å². The van der Waals surface area contributed by atoms with Crippen molar-refractivity contribution in [2.24, 2.45) is 0 Å². The molecular weight excluding hydrogens is 272 g/mol. The second-order valence-corrected chi connectivity index (χ2v) is 5.53. The van der Waals surface area contributed by atoms with Gasteiger partial charge in [-0.05, 0) is 12.1 Å². The molecule has 0 saturated carbocycles. The maximum Gasteiger partial charge on any atom is 0.206 e. The average Bonchev–Trinajstić information content (AvgIpc) is 2.66. The number of rotatable bonds is 2. The largest absolute Gasteiger partial charge is 0.367 e. The molecule has 2 unspecified atom stereocenters. The Hall–Kier alpha value is -0.810. The van der Waals surface area contributed by atoms with Gasteiger partial charge in [0, 0.05) is 9.80 Å². The van der Waals surface area contributed by atoms with E-state index in [9.17, 15) is 4.79 Å². The van der Waals surface area contributed by atoms with Crippen LogP contribution in [0.1, 0.15) is 0 Å². The molecule has 94 valence electrons. The number of ether oxygens (including phenoxy) is 2. The second kappa shape index (κ2) is 5.05. The Bertz CT molecular complexity index is 500. The van der Waals surface area contributed by atoms with Gasteiger partial charge in [0.15, 0.2) is 6.10 Å². The van der Waals surface area contributed by atoms with Crippen molar-refractivity contribution in [1.82, 2.24) is 0 Å². The van der Waals surface area contributed by atoms with E-state index in [1.165, 1.54) is 11.8 Å². The smallest absolute Gasteiger partial charge is 0.206 e. The summed E-state index contributed by atoms with van der Waals surface area (Å²) in [6, 6.07) is 9.79. The molecule has 0 amide bonds. The maximum atomic E-state index is 11.9. The fourth-order valence-corrected chi connectivity index (χ4v) is 3.42. The summed E-state index contributed by atoms with van der Waals surface area (Å²) in [6.45, 7) is 0.942. The highest BCUT2D eigenvalue weighted by atomic mass is 35.5. The lowest BCUT2D eigenvalue weighted by molar-refractivity contribution is -0.147. The molecule has 2 aliphatic rings. The predicted octanol–water partition coefficient (Wildman–Crippen LogP) is 2.60. The molecule has 1 aliphatic carbocycles. The van der Waals surface area contributed by atoms with Gasteiger partial charge in [-0.1, -0.05) is 41.6 Å². The van der Waals surface area contributed by atoms with E-state index in [0.717, 1.165) is 9.80 Å². The number of benzene rings is 1. The van der Waals surface area contributed by atoms with Gasteiger partial charge >= 0.3 is 0 Å². The average molecular weight is 283 g/mol. The van der Waals surface area contributed by atoms with Crippen molar-refractivity contribution >= 4 is 29.1 Å². The van der Waals surface area contributed by atoms with Crippen molar-refractivity contribution in [3.8, 4) is 0 Å². The van der Waals surface area contributed by atoms with Crippen LogP contribution in [0.25, 0.3) is 0 Å². The van der Waals surface area contributed by atoms with Gasteiger partial charge in [0.2, 0.25) is 5.78 Å². The molecule has 0 bridgehead atoms. The minimum absolute atomic E-state index is 0.167. The van der Waals surface area contributed by atoms with Crippen molar-refractivity contribution in [2.75, 3.05) is 13.2 Å². The third kappa shape index (κ3) is 2.10. The monoisotopic (exact) mass is 282 g/mol. The lowest BCUT2D eigenvalue weighted by Crippen LogP contribution is -2.39. The summed E-state index contributed by atoms with van der Waals surface area (Å²) in [6.07, 6.45) is -0.901. The zero-order valence-corrected chi connectivity index (χ0v) is 11.0. The molecule has 1 saturated heterocycles. The number of carbonyl (C=O) groups is 1. The van der Waals surface area contributed by atoms with Crippen LogP contribution >= 0.6 is 23.4 Å². The van der Waals surface area contributed by atoms with Crippen LogP contribution in [0.3, 0.4) is 0 Å². The summed E-state index contributed by atoms with van der Waals surface area (Å²) >= 11 is 7.57. The van der Waals surface area contributed by atoms with E-state index < -0.39 is 6.10 Å². The topological polar surface area (TPSA) is 35.5 Å². The van der Waals surface area contributed by atoms with E-state index in [0.29, 0.717) is 13.2 Å². The molecule has 1 aromatic rings. The first-order valence-corrected chi connectivity index (χ1v) is 6.87. The number of carbonyl (C=O) groups excluding carboxylic acids is 1. The third-order valence-electron chi connectivity index (χ3n) is 2.87. The van der Waals surface area contributed by atoms with Crippen LogP contribution in [0.2, 0.25) is 0 Å². The van der Waals surface area contributed by atoms with Gasteiger partial charge in [-0.3, -0.25) is 4.79 Å². The van der Waals surface area contributed by atoms with E-state index in [4.69, 9.17) is 21.1 Å². The van der Waals surface area contributed by atoms with Crippen molar-refractivity contribution < 1.29 is 14.3 Å². The number of thioether (sulfide) groups is 1. The molecule has 1 heterocycles. The molecule has 0 spiro atoms. The first kappa shape index (κ1) is 12.2. The summed E-state index contributed by atoms with van der Waals surface area (Å²) in [5.41, 5.74) is 0. The number of hydrogen-bond acceptors (Lipinski definition) is 4. The Kier molecular flexibility index (Phi) is 3.43. The number of fused-ring (bicyclic) bond motifs is 1. The molecule has 3 nitrogen and oxygen atoms in total. The summed E-state index contributed by atoms with van der Waals surface area (Å²) in [5, 5.41) is 0.251. The molecular formula is C13H11ClO3S. The molecule has 1 aromatic carbocycles. The minimum atomic E-state index is -0.558. The van der Waals surface area contributed by atoms with E-state index in [1.807, 2.05) is 30.3 Å². The van der Waals surface area contributed by atoms with E-state index in [1.54, 1.807) is 0 Å². The molecule has 18 heavy (non-hydrogen) atoms. The van der Waals surface area contributed by atoms with Crippen molar-refractivity contribution in [3.05, 3.63) is 40.3 Å². The lowest BCUT2D eigenvalue weighted by atomic mass is 10.2. The molecule has 0 aromatic heterocycles. The SMILES string of the molecule is O=C1C(Cl)=C(Sc2ccccc2)C2OCCOC12. The van der Waals surface area contributed by atoms with Crippen LogP contribution < -0.4 is 0 Å². The summed E-state index contributed by atoms with van der Waals surface area (Å²) in [5.74, 6) is -0.167. The molecule has 0 radical (unpaired) electrons. The standard InChI is InChI=1S/C13H11ClO3S/c14-9-10(15)11-12(17-7-6-16-11)13(9)18-8-4-2-1-3-5-8/h1-5,11-12H,6-7H2. The Morgan fingerprint density at radius 2 is 1.78 bits per heavy atom. The van der Waals surface area contributed by atoms with Crippen LogP contribution in [-0.4, -0.2) is 31.2 Å². The summed E-state index contributed by atoms with van der Waals surface area (Å²) in [7, 11) is 0. The van der Waals surface area contributed by atoms with Crippen LogP contribution in [0.4, 0.5) is 0 Å². The highest BCUT2D eigenvalue weighted by molar-refractivity contribution is 8.03. The maximum absolute atomic E-state index is 11.9. The summed E-state index contributed by atoms with van der Waals surface area (Å²) < 4.78 is 11.1. The van der Waals surface area contributed by atoms with Crippen LogP contribution in [-0.2, 0) is 14.3 Å². The van der Waals surface area contributed by atoms with Crippen LogP contribution in [0.5, 0.6) is 0 Å². The Morgan fingerprint density at radius 3 is 2.50 bits per heavy atom. The first-order valence-electron chi connectivity index (χ1n) is 5.67. The van der Waals surface area contributed by atoms with Crippen molar-refractivity contribution in [2.45, 2.75) is 17.1 Å². The zero-order chi connectivity index (χ0) is 12.5. The second-order valence-electron chi connectivity index (χ2n) is 4.04. The van der Waals surface area contributed by atoms with Crippen molar-refractivity contribution in [3.63, 3.8) is 0 Å². The summed E-state index contributed by atoms with van der Waals surface area (Å²) in [4.78, 5) is 13.7. The first-order chi connectivity index (χ1) is 8.77. The highest BCUT2D eigenvalue weighted by Gasteiger charge is 2.45. The van der Waals surface area contributed by atoms with Gasteiger partial charge in [0.25, 0.3) is 0 Å². The lowest BCUT2D eigenvalue weighted by Gasteiger charge is -2.26. The molecule has 0 N–H and O–H groups in total. The Labute approximate surface area is 114 Å². The number of halogens is 1. The van der Waals surface area contributed by atoms with Gasteiger partial charge in [0.1, 0.15) is 6.10 Å². The van der Waals surface area contributed by atoms with E-state index in [-0.39, 0.29) is 16.9 Å². The highest BCUT2D eigenvalue weighted by Crippen LogP contribution is 2.42. The quantitative estimate of drug-likeness (QED) is 0.835. The van der Waals surface area contributed by atoms with Gasteiger partial charge in [-0.15, -0.1) is 0 Å². The van der Waals surface area contributed by atoms with Crippen LogP contribution in [0.15, 0.2) is 45.2 Å². The zero-order valence-electron chi connectivity index (χ0n) is 9.47. The van der Waals surface area contributed by atoms with Gasteiger partial charge < -0.3 is 9.47 Å². The van der Waals surface area contributed by atoms with Gasteiger partial charge in [-0.25, -0.2) is 0 Å². The fourth-order valence-electron chi connectivity index (χ4n) is 2.04. The normalized spacial score (nSPS) is 27.5. The minimum Gasteiger partial charge on any atom is -0.367 e. The predicted molar refractivity (Wildman–Crippen MR) is 69.7 cm³/mol. The number of ketones is 1. The molecule has 1 fully saturated rings. The fraction of sp³-hybridized carbons (Fsp3) is 0.308. The molecule has 1 aliphatic heterocycles. The Morgan fingerprint density at radius 1 is 1.11 bits per heavy atom. The Balaban J connectivity index is 1.88. The van der Waals surface area contributed by atoms with E-state index >= 15 is 0 Å².